The molecule has 0 spiro atoms. The Labute approximate surface area is 137 Å². The van der Waals surface area contributed by atoms with Crippen LogP contribution in [0.2, 0.25) is 0 Å². The zero-order valence-corrected chi connectivity index (χ0v) is 14.5. The van der Waals surface area contributed by atoms with Gasteiger partial charge < -0.3 is 10.2 Å². The van der Waals surface area contributed by atoms with E-state index in [0.717, 1.165) is 49.7 Å². The van der Waals surface area contributed by atoms with Crippen LogP contribution in [0.3, 0.4) is 0 Å². The minimum absolute atomic E-state index is 0.0619. The number of hydrogen-bond donors (Lipinski definition) is 1. The first-order valence-corrected chi connectivity index (χ1v) is 9.01. The molecule has 0 bridgehead atoms. The molecule has 1 fully saturated rings. The molecule has 0 aromatic carbocycles. The number of nitrogens with one attached hydrogen (secondary N) is 1. The first-order chi connectivity index (χ1) is 10.6. The zero-order valence-electron chi connectivity index (χ0n) is 13.7. The fourth-order valence-electron chi connectivity index (χ4n) is 2.58. The van der Waals surface area contributed by atoms with Gasteiger partial charge in [0.1, 0.15) is 5.03 Å². The summed E-state index contributed by atoms with van der Waals surface area (Å²) in [6.07, 6.45) is 2.96. The van der Waals surface area contributed by atoms with Crippen molar-refractivity contribution in [3.8, 4) is 0 Å². The highest BCUT2D eigenvalue weighted by atomic mass is 32.2. The maximum absolute atomic E-state index is 12.1. The predicted molar refractivity (Wildman–Crippen MR) is 91.3 cm³/mol. The molecular formula is C16H26N4OS. The molecule has 1 amide bonds. The van der Waals surface area contributed by atoms with E-state index in [9.17, 15) is 4.79 Å². The van der Waals surface area contributed by atoms with Gasteiger partial charge in [0.25, 0.3) is 0 Å². The molecule has 5 nitrogen and oxygen atoms in total. The molecule has 1 atom stereocenters. The molecule has 1 aliphatic rings. The quantitative estimate of drug-likeness (QED) is 0.816. The topological polar surface area (TPSA) is 58.1 Å². The van der Waals surface area contributed by atoms with Crippen LogP contribution < -0.4 is 10.2 Å². The molecule has 0 unspecified atom stereocenters. The average Bonchev–Trinajstić information content (AvgIpc) is 2.53. The second-order valence-electron chi connectivity index (χ2n) is 5.97. The summed E-state index contributed by atoms with van der Waals surface area (Å²) in [5.74, 6) is 1.11. The SMILES string of the molecule is CCCNC(=O)[C@H]1CCCN(c2ccc(SC(C)C)nn2)C1. The third-order valence-corrected chi connectivity index (χ3v) is 4.58. The Morgan fingerprint density at radius 3 is 2.91 bits per heavy atom. The van der Waals surface area contributed by atoms with E-state index in [4.69, 9.17) is 0 Å². The highest BCUT2D eigenvalue weighted by molar-refractivity contribution is 7.99. The molecular weight excluding hydrogens is 296 g/mol. The van der Waals surface area contributed by atoms with Gasteiger partial charge in [-0.1, -0.05) is 20.8 Å². The number of carbonyl (C=O) groups excluding carboxylic acids is 1. The molecule has 1 aromatic heterocycles. The Morgan fingerprint density at radius 2 is 2.27 bits per heavy atom. The van der Waals surface area contributed by atoms with Crippen molar-refractivity contribution < 1.29 is 4.79 Å². The average molecular weight is 322 g/mol. The van der Waals surface area contributed by atoms with E-state index in [1.165, 1.54) is 0 Å². The van der Waals surface area contributed by atoms with Crippen molar-refractivity contribution >= 4 is 23.5 Å². The van der Waals surface area contributed by atoms with Crippen molar-refractivity contribution in [2.75, 3.05) is 24.5 Å². The van der Waals surface area contributed by atoms with Crippen LogP contribution in [0.25, 0.3) is 0 Å². The molecule has 1 aliphatic heterocycles. The van der Waals surface area contributed by atoms with Gasteiger partial charge in [-0.25, -0.2) is 0 Å². The molecule has 122 valence electrons. The van der Waals surface area contributed by atoms with Gasteiger partial charge in [0.2, 0.25) is 5.91 Å². The van der Waals surface area contributed by atoms with E-state index >= 15 is 0 Å². The van der Waals surface area contributed by atoms with Gasteiger partial charge in [-0.2, -0.15) is 0 Å². The number of piperidine rings is 1. The van der Waals surface area contributed by atoms with Crippen LogP contribution in [0, 0.1) is 5.92 Å². The first kappa shape index (κ1) is 17.1. The summed E-state index contributed by atoms with van der Waals surface area (Å²) in [6, 6.07) is 4.04. The van der Waals surface area contributed by atoms with Crippen molar-refractivity contribution in [3.05, 3.63) is 12.1 Å². The standard InChI is InChI=1S/C16H26N4OS/c1-4-9-17-16(21)13-6-5-10-20(11-13)14-7-8-15(19-18-14)22-12(2)3/h7-8,12-13H,4-6,9-11H2,1-3H3,(H,17,21)/t13-/m0/s1. The summed E-state index contributed by atoms with van der Waals surface area (Å²) < 4.78 is 0. The van der Waals surface area contributed by atoms with Crippen LogP contribution in [0.4, 0.5) is 5.82 Å². The highest BCUT2D eigenvalue weighted by Gasteiger charge is 2.26. The van der Waals surface area contributed by atoms with Gasteiger partial charge in [-0.15, -0.1) is 22.0 Å². The first-order valence-electron chi connectivity index (χ1n) is 8.13. The number of hydrogen-bond acceptors (Lipinski definition) is 5. The van der Waals surface area contributed by atoms with Crippen molar-refractivity contribution in [2.24, 2.45) is 5.92 Å². The van der Waals surface area contributed by atoms with Crippen LogP contribution >= 0.6 is 11.8 Å². The Balaban J connectivity index is 1.95. The fraction of sp³-hybridized carbons (Fsp3) is 0.688. The van der Waals surface area contributed by atoms with Gasteiger partial charge >= 0.3 is 0 Å². The molecule has 1 aromatic rings. The van der Waals surface area contributed by atoms with Crippen molar-refractivity contribution in [2.45, 2.75) is 50.3 Å². The molecule has 0 saturated carbocycles. The summed E-state index contributed by atoms with van der Waals surface area (Å²) in [5.41, 5.74) is 0. The van der Waals surface area contributed by atoms with E-state index < -0.39 is 0 Å². The lowest BCUT2D eigenvalue weighted by Crippen LogP contribution is -2.43. The fourth-order valence-corrected chi connectivity index (χ4v) is 3.30. The van der Waals surface area contributed by atoms with E-state index in [2.05, 4.69) is 41.2 Å². The second-order valence-corrected chi connectivity index (χ2v) is 7.57. The molecule has 1 N–H and O–H groups in total. The lowest BCUT2D eigenvalue weighted by atomic mass is 9.97. The lowest BCUT2D eigenvalue weighted by molar-refractivity contribution is -0.125. The molecule has 2 heterocycles. The number of carbonyl (C=O) groups is 1. The minimum atomic E-state index is 0.0619. The number of aromatic nitrogens is 2. The Morgan fingerprint density at radius 1 is 1.45 bits per heavy atom. The van der Waals surface area contributed by atoms with Gasteiger partial charge in [-0.05, 0) is 31.4 Å². The van der Waals surface area contributed by atoms with Gasteiger partial charge in [-0.3, -0.25) is 4.79 Å². The molecule has 1 saturated heterocycles. The molecule has 2 rings (SSSR count). The van der Waals surface area contributed by atoms with Gasteiger partial charge in [0.15, 0.2) is 5.82 Å². The number of rotatable bonds is 6. The lowest BCUT2D eigenvalue weighted by Gasteiger charge is -2.32. The maximum atomic E-state index is 12.1. The monoisotopic (exact) mass is 322 g/mol. The predicted octanol–water partition coefficient (Wildman–Crippen LogP) is 2.72. The molecule has 6 heteroatoms. The van der Waals surface area contributed by atoms with E-state index in [1.807, 2.05) is 12.1 Å². The molecule has 0 radical (unpaired) electrons. The normalized spacial score (nSPS) is 18.5. The van der Waals surface area contributed by atoms with Crippen LogP contribution in [0.5, 0.6) is 0 Å². The number of anilines is 1. The Hall–Kier alpha value is -1.30. The number of nitrogens with zero attached hydrogens (tertiary/aromatic N) is 3. The van der Waals surface area contributed by atoms with E-state index in [1.54, 1.807) is 11.8 Å². The molecule has 0 aliphatic carbocycles. The summed E-state index contributed by atoms with van der Waals surface area (Å²) in [6.45, 7) is 8.80. The zero-order chi connectivity index (χ0) is 15.9. The van der Waals surface area contributed by atoms with Crippen LogP contribution in [-0.2, 0) is 4.79 Å². The summed E-state index contributed by atoms with van der Waals surface area (Å²) in [7, 11) is 0. The Bertz CT molecular complexity index is 478. The van der Waals surface area contributed by atoms with Crippen molar-refractivity contribution in [1.29, 1.82) is 0 Å². The second kappa shape index (κ2) is 8.36. The number of amides is 1. The summed E-state index contributed by atoms with van der Waals surface area (Å²) in [4.78, 5) is 14.3. The third-order valence-electron chi connectivity index (χ3n) is 3.65. The number of thioether (sulfide) groups is 1. The highest BCUT2D eigenvalue weighted by Crippen LogP contribution is 2.24. The largest absolute Gasteiger partial charge is 0.356 e. The summed E-state index contributed by atoms with van der Waals surface area (Å²) >= 11 is 1.71. The summed E-state index contributed by atoms with van der Waals surface area (Å²) in [5, 5.41) is 13.1. The van der Waals surface area contributed by atoms with Crippen LogP contribution in [-0.4, -0.2) is 41.0 Å². The van der Waals surface area contributed by atoms with Gasteiger partial charge in [0.05, 0.1) is 5.92 Å². The minimum Gasteiger partial charge on any atom is -0.356 e. The third kappa shape index (κ3) is 4.87. The van der Waals surface area contributed by atoms with Crippen LogP contribution in [0.1, 0.15) is 40.0 Å². The van der Waals surface area contributed by atoms with Gasteiger partial charge in [0, 0.05) is 24.9 Å². The maximum Gasteiger partial charge on any atom is 0.224 e. The van der Waals surface area contributed by atoms with Crippen LogP contribution in [0.15, 0.2) is 17.2 Å². The van der Waals surface area contributed by atoms with Crippen molar-refractivity contribution in [1.82, 2.24) is 15.5 Å². The molecule has 22 heavy (non-hydrogen) atoms. The Kier molecular flexibility index (Phi) is 6.49. The van der Waals surface area contributed by atoms with E-state index in [-0.39, 0.29) is 11.8 Å². The smallest absolute Gasteiger partial charge is 0.224 e. The van der Waals surface area contributed by atoms with E-state index in [0.29, 0.717) is 5.25 Å². The van der Waals surface area contributed by atoms with Crippen molar-refractivity contribution in [3.63, 3.8) is 0 Å².